The van der Waals surface area contributed by atoms with E-state index in [9.17, 15) is 0 Å². The highest BCUT2D eigenvalue weighted by atomic mass is 32.1. The van der Waals surface area contributed by atoms with Gasteiger partial charge in [-0.15, -0.1) is 0 Å². The Bertz CT molecular complexity index is 34.6. The summed E-state index contributed by atoms with van der Waals surface area (Å²) in [5.74, 6) is 0.483. The SMILES string of the molecule is N/C=N\CS. The molecule has 0 unspecified atom stereocenters. The van der Waals surface area contributed by atoms with Gasteiger partial charge in [-0.25, -0.2) is 0 Å². The van der Waals surface area contributed by atoms with Gasteiger partial charge in [0.2, 0.25) is 0 Å². The molecule has 0 radical (unpaired) electrons. The number of thiol groups is 1. The molecule has 0 heterocycles. The summed E-state index contributed by atoms with van der Waals surface area (Å²) in [7, 11) is 0. The highest BCUT2D eigenvalue weighted by molar-refractivity contribution is 7.80. The Kier molecular flexibility index (Phi) is 3.68. The summed E-state index contributed by atoms with van der Waals surface area (Å²) >= 11 is 3.72. The second-order valence-electron chi connectivity index (χ2n) is 0.473. The summed E-state index contributed by atoms with van der Waals surface area (Å²) < 4.78 is 0. The molecule has 0 aliphatic carbocycles. The zero-order chi connectivity index (χ0) is 4.12. The third kappa shape index (κ3) is 3.82. The average molecular weight is 90.2 g/mol. The summed E-state index contributed by atoms with van der Waals surface area (Å²) in [6, 6.07) is 0. The smallest absolute Gasteiger partial charge is 0.0832 e. The summed E-state index contributed by atoms with van der Waals surface area (Å²) in [6.07, 6.45) is 1.23. The van der Waals surface area contributed by atoms with Gasteiger partial charge in [-0.2, -0.15) is 12.6 Å². The van der Waals surface area contributed by atoms with Crippen molar-refractivity contribution in [3.8, 4) is 0 Å². The first-order chi connectivity index (χ1) is 2.41. The molecule has 0 aliphatic heterocycles. The van der Waals surface area contributed by atoms with Gasteiger partial charge in [0.25, 0.3) is 0 Å². The molecule has 0 aromatic rings. The lowest BCUT2D eigenvalue weighted by Crippen LogP contribution is -1.86. The van der Waals surface area contributed by atoms with Crippen molar-refractivity contribution < 1.29 is 0 Å². The molecule has 0 spiro atoms. The maximum atomic E-state index is 4.80. The van der Waals surface area contributed by atoms with Gasteiger partial charge in [0.15, 0.2) is 0 Å². The number of hydrogen-bond donors (Lipinski definition) is 2. The quantitative estimate of drug-likeness (QED) is 0.262. The van der Waals surface area contributed by atoms with Gasteiger partial charge in [0.1, 0.15) is 0 Å². The molecule has 0 bridgehead atoms. The molecule has 0 saturated carbocycles. The lowest BCUT2D eigenvalue weighted by Gasteiger charge is -1.68. The molecule has 2 nitrogen and oxygen atoms in total. The molecule has 0 saturated heterocycles. The molecule has 30 valence electrons. The van der Waals surface area contributed by atoms with Gasteiger partial charge in [0.05, 0.1) is 12.2 Å². The van der Waals surface area contributed by atoms with Gasteiger partial charge in [-0.05, 0) is 0 Å². The van der Waals surface area contributed by atoms with Crippen LogP contribution < -0.4 is 5.73 Å². The van der Waals surface area contributed by atoms with E-state index >= 15 is 0 Å². The van der Waals surface area contributed by atoms with E-state index in [2.05, 4.69) is 17.6 Å². The van der Waals surface area contributed by atoms with Crippen LogP contribution in [0.5, 0.6) is 0 Å². The van der Waals surface area contributed by atoms with Gasteiger partial charge in [-0.3, -0.25) is 4.99 Å². The molecule has 0 amide bonds. The van der Waals surface area contributed by atoms with Gasteiger partial charge in [-0.1, -0.05) is 0 Å². The van der Waals surface area contributed by atoms with Crippen molar-refractivity contribution in [3.05, 3.63) is 0 Å². The third-order valence-electron chi connectivity index (χ3n) is 0.187. The van der Waals surface area contributed by atoms with Crippen molar-refractivity contribution in [2.75, 3.05) is 5.88 Å². The van der Waals surface area contributed by atoms with Crippen molar-refractivity contribution in [1.82, 2.24) is 0 Å². The number of hydrogen-bond acceptors (Lipinski definition) is 2. The van der Waals surface area contributed by atoms with Crippen LogP contribution in [-0.4, -0.2) is 12.2 Å². The van der Waals surface area contributed by atoms with Gasteiger partial charge in [0, 0.05) is 0 Å². The molecular weight excluding hydrogens is 84.1 g/mol. The number of nitrogens with two attached hydrogens (primary N) is 1. The highest BCUT2D eigenvalue weighted by Crippen LogP contribution is 1.66. The van der Waals surface area contributed by atoms with Crippen LogP contribution in [0.25, 0.3) is 0 Å². The molecule has 0 aromatic heterocycles. The Labute approximate surface area is 36.5 Å². The van der Waals surface area contributed by atoms with Crippen molar-refractivity contribution in [2.24, 2.45) is 10.7 Å². The van der Waals surface area contributed by atoms with Crippen LogP contribution >= 0.6 is 12.6 Å². The van der Waals surface area contributed by atoms with E-state index in [4.69, 9.17) is 5.73 Å². The van der Waals surface area contributed by atoms with E-state index in [-0.39, 0.29) is 0 Å². The number of aliphatic imine (C=N–C) groups is 1. The average Bonchev–Trinajstić information content (AvgIpc) is 1.41. The number of rotatable bonds is 1. The topological polar surface area (TPSA) is 38.4 Å². The van der Waals surface area contributed by atoms with Crippen LogP contribution in [0, 0.1) is 0 Å². The molecule has 0 fully saturated rings. The van der Waals surface area contributed by atoms with Crippen LogP contribution in [0.3, 0.4) is 0 Å². The summed E-state index contributed by atoms with van der Waals surface area (Å²) in [5, 5.41) is 0. The summed E-state index contributed by atoms with van der Waals surface area (Å²) in [5.41, 5.74) is 4.80. The van der Waals surface area contributed by atoms with Crippen LogP contribution in [0.4, 0.5) is 0 Å². The summed E-state index contributed by atoms with van der Waals surface area (Å²) in [6.45, 7) is 0. The van der Waals surface area contributed by atoms with E-state index in [1.165, 1.54) is 6.34 Å². The Hall–Kier alpha value is -0.180. The van der Waals surface area contributed by atoms with E-state index in [1.54, 1.807) is 0 Å². The molecule has 3 heteroatoms. The Balaban J connectivity index is 2.62. The van der Waals surface area contributed by atoms with Crippen LogP contribution in [0.2, 0.25) is 0 Å². The molecule has 0 rings (SSSR count). The fourth-order valence-corrected chi connectivity index (χ4v) is 0.141. The lowest BCUT2D eigenvalue weighted by atomic mass is 11.3. The Morgan fingerprint density at radius 1 is 2.00 bits per heavy atom. The predicted octanol–water partition coefficient (Wildman–Crippen LogP) is -0.139. The van der Waals surface area contributed by atoms with E-state index < -0.39 is 0 Å². The van der Waals surface area contributed by atoms with Crippen molar-refractivity contribution >= 4 is 19.0 Å². The molecular formula is C2H6N2S. The van der Waals surface area contributed by atoms with Crippen LogP contribution in [0.1, 0.15) is 0 Å². The van der Waals surface area contributed by atoms with Crippen molar-refractivity contribution in [2.45, 2.75) is 0 Å². The zero-order valence-corrected chi connectivity index (χ0v) is 3.65. The van der Waals surface area contributed by atoms with Crippen molar-refractivity contribution in [3.63, 3.8) is 0 Å². The highest BCUT2D eigenvalue weighted by Gasteiger charge is 1.51. The molecule has 0 atom stereocenters. The minimum absolute atomic E-state index is 0.483. The minimum Gasteiger partial charge on any atom is -0.390 e. The van der Waals surface area contributed by atoms with Crippen molar-refractivity contribution in [1.29, 1.82) is 0 Å². The fraction of sp³-hybridized carbons (Fsp3) is 0.500. The molecule has 0 aliphatic rings. The van der Waals surface area contributed by atoms with Gasteiger partial charge >= 0.3 is 0 Å². The standard InChI is InChI=1S/C2H6N2S/c3-1-4-2-5/h1,5H,2H2,(H2,3,4). The second kappa shape index (κ2) is 3.82. The first-order valence-electron chi connectivity index (χ1n) is 1.22. The molecule has 0 aromatic carbocycles. The van der Waals surface area contributed by atoms with Gasteiger partial charge < -0.3 is 5.73 Å². The van der Waals surface area contributed by atoms with E-state index in [0.29, 0.717) is 5.88 Å². The van der Waals surface area contributed by atoms with Crippen LogP contribution in [-0.2, 0) is 0 Å². The Morgan fingerprint density at radius 2 is 2.60 bits per heavy atom. The zero-order valence-electron chi connectivity index (χ0n) is 2.76. The molecule has 2 N–H and O–H groups in total. The molecule has 5 heavy (non-hydrogen) atoms. The maximum Gasteiger partial charge on any atom is 0.0832 e. The maximum absolute atomic E-state index is 4.80. The van der Waals surface area contributed by atoms with Crippen LogP contribution in [0.15, 0.2) is 4.99 Å². The first-order valence-corrected chi connectivity index (χ1v) is 1.86. The largest absolute Gasteiger partial charge is 0.390 e. The minimum atomic E-state index is 0.483. The lowest BCUT2D eigenvalue weighted by molar-refractivity contribution is 1.39. The first kappa shape index (κ1) is 4.82. The van der Waals surface area contributed by atoms with E-state index in [1.807, 2.05) is 0 Å². The number of nitrogens with zero attached hydrogens (tertiary/aromatic N) is 1. The summed E-state index contributed by atoms with van der Waals surface area (Å²) in [4.78, 5) is 3.49. The predicted molar refractivity (Wildman–Crippen MR) is 26.5 cm³/mol. The second-order valence-corrected chi connectivity index (χ2v) is 0.756. The fourth-order valence-electron chi connectivity index (χ4n) is 0.0471. The van der Waals surface area contributed by atoms with E-state index in [0.717, 1.165) is 0 Å². The third-order valence-corrected chi connectivity index (χ3v) is 0.350. The monoisotopic (exact) mass is 90.0 g/mol. The normalized spacial score (nSPS) is 9.80. The Morgan fingerprint density at radius 3 is 2.60 bits per heavy atom.